The van der Waals surface area contributed by atoms with E-state index in [4.69, 9.17) is 49.6 Å². The van der Waals surface area contributed by atoms with Crippen LogP contribution in [0.25, 0.3) is 0 Å². The first-order valence-corrected chi connectivity index (χ1v) is 47.8. The molecular formula is C36H86O11Si8. The first-order chi connectivity index (χ1) is 24.2. The number of hydrogen-bond donors (Lipinski definition) is 0. The van der Waals surface area contributed by atoms with E-state index < -0.39 is 128 Å². The van der Waals surface area contributed by atoms with Crippen LogP contribution in [0.2, 0.25) is 157 Å². The zero-order chi connectivity index (χ0) is 43.0. The first kappa shape index (κ1) is 52.4. The molecule has 2 rings (SSSR count). The zero-order valence-corrected chi connectivity index (χ0v) is 47.7. The molecule has 0 aromatic rings. The van der Waals surface area contributed by atoms with Crippen molar-refractivity contribution in [1.29, 1.82) is 0 Å². The maximum absolute atomic E-state index is 7.26. The van der Waals surface area contributed by atoms with E-state index in [9.17, 15) is 0 Å². The Kier molecular flexibility index (Phi) is 18.2. The number of rotatable bonds is 20. The highest BCUT2D eigenvalue weighted by molar-refractivity contribution is 6.72. The molecule has 19 heteroatoms. The molecule has 0 aromatic heterocycles. The van der Waals surface area contributed by atoms with Gasteiger partial charge < -0.3 is 49.6 Å². The van der Waals surface area contributed by atoms with Crippen molar-refractivity contribution in [1.82, 2.24) is 0 Å². The normalized spacial score (nSPS) is 31.2. The minimum atomic E-state index is -2.22. The summed E-state index contributed by atoms with van der Waals surface area (Å²) in [5, 5.41) is 0. The van der Waals surface area contributed by atoms with Gasteiger partial charge in [0, 0.05) is 0 Å². The quantitative estimate of drug-likeness (QED) is 0.109. The lowest BCUT2D eigenvalue weighted by molar-refractivity contribution is -0.368. The highest BCUT2D eigenvalue weighted by Gasteiger charge is 2.57. The Morgan fingerprint density at radius 3 is 0.727 bits per heavy atom. The SMILES string of the molecule is C[Si](C)(C)OC[C@@H]1O[C@@H](O[C@@H]2O[C@@H](CO[Si](C)(C)C)[C@H](O[Si](C)(C)C)[C@@H](O[Si](C)(C)C)[C@@H]2O[Si](C)(C)C)[C@@H](O[Si](C)(C)C)[C@H](O[Si](C)(C)C)[C@H]1O[Si](C)(C)C. The van der Waals surface area contributed by atoms with Crippen LogP contribution in [0.4, 0.5) is 0 Å². The summed E-state index contributed by atoms with van der Waals surface area (Å²) >= 11 is 0. The molecule has 0 bridgehead atoms. The van der Waals surface area contributed by atoms with Crippen LogP contribution >= 0.6 is 0 Å². The van der Waals surface area contributed by atoms with Crippen molar-refractivity contribution in [3.63, 3.8) is 0 Å². The van der Waals surface area contributed by atoms with Crippen LogP contribution in [0.5, 0.6) is 0 Å². The second-order valence-electron chi connectivity index (χ2n) is 23.2. The van der Waals surface area contributed by atoms with E-state index in [2.05, 4.69) is 157 Å². The lowest BCUT2D eigenvalue weighted by atomic mass is 9.98. The molecule has 2 aliphatic heterocycles. The standard InChI is InChI=1S/C36H86O11Si8/c1-48(2,3)37-25-27-29(42-50(7,8)9)31(44-52(13,14)15)33(46-54(19,20)21)35(39-27)41-36-34(47-55(22,23)24)32(45-53(16,17)18)30(43-51(10,11)12)28(40-36)26-38-49(4,5)6/h27-36H,25-26H2,1-24H3/t27-,28-,29-,30-,31+,32+,33-,34-,35-,36-/m0/s1. The van der Waals surface area contributed by atoms with Gasteiger partial charge >= 0.3 is 0 Å². The Morgan fingerprint density at radius 1 is 0.291 bits per heavy atom. The average molecular weight is 920 g/mol. The Hall–Kier alpha value is 1.30. The van der Waals surface area contributed by atoms with Crippen LogP contribution in [-0.2, 0) is 49.6 Å². The summed E-state index contributed by atoms with van der Waals surface area (Å²) in [7, 11) is -16.9. The van der Waals surface area contributed by atoms with Gasteiger partial charge in [-0.3, -0.25) is 0 Å². The summed E-state index contributed by atoms with van der Waals surface area (Å²) in [6.45, 7) is 53.6. The summed E-state index contributed by atoms with van der Waals surface area (Å²) < 4.78 is 77.3. The topological polar surface area (TPSA) is 102 Å². The molecule has 0 aromatic carbocycles. The molecule has 0 amide bonds. The molecular weight excluding hydrogens is 833 g/mol. The minimum absolute atomic E-state index is 0.358. The summed E-state index contributed by atoms with van der Waals surface area (Å²) in [5.41, 5.74) is 0. The second-order valence-corrected chi connectivity index (χ2v) is 59.0. The Balaban J connectivity index is 2.88. The fourth-order valence-corrected chi connectivity index (χ4v) is 14.1. The van der Waals surface area contributed by atoms with E-state index in [1.807, 2.05) is 0 Å². The van der Waals surface area contributed by atoms with Gasteiger partial charge in [0.05, 0.1) is 13.2 Å². The third kappa shape index (κ3) is 20.6. The van der Waals surface area contributed by atoms with E-state index in [1.165, 1.54) is 0 Å². The smallest absolute Gasteiger partial charge is 0.188 e. The third-order valence-corrected chi connectivity index (χ3v) is 15.7. The van der Waals surface area contributed by atoms with Crippen molar-refractivity contribution in [3.8, 4) is 0 Å². The molecule has 2 saturated heterocycles. The van der Waals surface area contributed by atoms with Gasteiger partial charge in [-0.1, -0.05) is 0 Å². The average Bonchev–Trinajstić information content (AvgIpc) is 2.88. The number of ether oxygens (including phenoxy) is 3. The molecule has 10 atom stereocenters. The van der Waals surface area contributed by atoms with Gasteiger partial charge in [0.15, 0.2) is 79.1 Å². The van der Waals surface area contributed by atoms with Crippen molar-refractivity contribution in [2.75, 3.05) is 13.2 Å². The van der Waals surface area contributed by atoms with Crippen LogP contribution in [0.15, 0.2) is 0 Å². The Labute approximate surface area is 346 Å². The van der Waals surface area contributed by atoms with Gasteiger partial charge in [-0.25, -0.2) is 0 Å². The van der Waals surface area contributed by atoms with Gasteiger partial charge in [-0.15, -0.1) is 0 Å². The van der Waals surface area contributed by atoms with Crippen molar-refractivity contribution in [2.45, 2.75) is 219 Å². The first-order valence-electron chi connectivity index (χ1n) is 20.5. The van der Waals surface area contributed by atoms with Gasteiger partial charge in [0.25, 0.3) is 0 Å². The van der Waals surface area contributed by atoms with Crippen molar-refractivity contribution >= 4 is 66.5 Å². The molecule has 328 valence electrons. The zero-order valence-electron chi connectivity index (χ0n) is 39.7. The Bertz CT molecular complexity index is 1090. The molecule has 2 heterocycles. The molecule has 2 aliphatic rings. The van der Waals surface area contributed by atoms with Crippen LogP contribution in [0.1, 0.15) is 0 Å². The second kappa shape index (κ2) is 19.1. The van der Waals surface area contributed by atoms with Crippen LogP contribution in [-0.4, -0.2) is 141 Å². The fraction of sp³-hybridized carbons (Fsp3) is 1.00. The minimum Gasteiger partial charge on any atom is -0.415 e. The fourth-order valence-electron chi connectivity index (χ4n) is 6.29. The summed E-state index contributed by atoms with van der Waals surface area (Å²) in [5.74, 6) is 0. The van der Waals surface area contributed by atoms with E-state index in [0.717, 1.165) is 0 Å². The van der Waals surface area contributed by atoms with E-state index in [1.54, 1.807) is 0 Å². The maximum Gasteiger partial charge on any atom is 0.188 e. The number of hydrogen-bond acceptors (Lipinski definition) is 11. The molecule has 0 aliphatic carbocycles. The van der Waals surface area contributed by atoms with Crippen LogP contribution in [0, 0.1) is 0 Å². The summed E-state index contributed by atoms with van der Waals surface area (Å²) in [4.78, 5) is 0. The molecule has 0 radical (unpaired) electrons. The highest BCUT2D eigenvalue weighted by atomic mass is 28.4. The summed E-state index contributed by atoms with van der Waals surface area (Å²) in [6, 6.07) is 0. The third-order valence-electron chi connectivity index (χ3n) is 7.75. The van der Waals surface area contributed by atoms with Crippen LogP contribution in [0.3, 0.4) is 0 Å². The molecule has 11 nitrogen and oxygen atoms in total. The molecule has 2 fully saturated rings. The van der Waals surface area contributed by atoms with Crippen molar-refractivity contribution in [2.24, 2.45) is 0 Å². The van der Waals surface area contributed by atoms with E-state index in [0.29, 0.717) is 13.2 Å². The molecule has 0 N–H and O–H groups in total. The predicted octanol–water partition coefficient (Wildman–Crippen LogP) is 9.48. The van der Waals surface area contributed by atoms with Crippen LogP contribution < -0.4 is 0 Å². The lowest BCUT2D eigenvalue weighted by Gasteiger charge is -2.54. The largest absolute Gasteiger partial charge is 0.415 e. The van der Waals surface area contributed by atoms with Gasteiger partial charge in [-0.2, -0.15) is 0 Å². The van der Waals surface area contributed by atoms with Gasteiger partial charge in [0.1, 0.15) is 48.8 Å². The molecule has 0 spiro atoms. The summed E-state index contributed by atoms with van der Waals surface area (Å²) in [6.07, 6.45) is -5.59. The van der Waals surface area contributed by atoms with Gasteiger partial charge in [-0.05, 0) is 157 Å². The monoisotopic (exact) mass is 918 g/mol. The van der Waals surface area contributed by atoms with Crippen molar-refractivity contribution < 1.29 is 49.6 Å². The lowest BCUT2D eigenvalue weighted by Crippen LogP contribution is -2.69. The predicted molar refractivity (Wildman–Crippen MR) is 246 cm³/mol. The van der Waals surface area contributed by atoms with Crippen molar-refractivity contribution in [3.05, 3.63) is 0 Å². The van der Waals surface area contributed by atoms with E-state index in [-0.39, 0.29) is 0 Å². The molecule has 0 saturated carbocycles. The molecule has 55 heavy (non-hydrogen) atoms. The van der Waals surface area contributed by atoms with Gasteiger partial charge in [0.2, 0.25) is 0 Å². The maximum atomic E-state index is 7.26. The van der Waals surface area contributed by atoms with E-state index >= 15 is 0 Å². The molecule has 0 unspecified atom stereocenters. The Morgan fingerprint density at radius 2 is 0.509 bits per heavy atom. The highest BCUT2D eigenvalue weighted by Crippen LogP contribution is 2.39.